The van der Waals surface area contributed by atoms with Crippen LogP contribution in [0.3, 0.4) is 0 Å². The number of ether oxygens (including phenoxy) is 1. The Morgan fingerprint density at radius 1 is 1.08 bits per heavy atom. The summed E-state index contributed by atoms with van der Waals surface area (Å²) in [7, 11) is 0. The molecule has 0 amide bonds. The molecule has 2 N–H and O–H groups in total. The molecule has 0 spiro atoms. The molecule has 0 unspecified atom stereocenters. The molecule has 7 nitrogen and oxygen atoms in total. The maximum absolute atomic E-state index is 11.8. The summed E-state index contributed by atoms with van der Waals surface area (Å²) in [5.74, 6) is -2.04. The minimum absolute atomic E-state index is 0.261. The van der Waals surface area contributed by atoms with Crippen molar-refractivity contribution in [3.63, 3.8) is 0 Å². The number of hydrogen-bond donors (Lipinski definition) is 2. The summed E-state index contributed by atoms with van der Waals surface area (Å²) < 4.78 is 5.05. The second-order valence-corrected chi connectivity index (χ2v) is 4.89. The summed E-state index contributed by atoms with van der Waals surface area (Å²) in [5.41, 5.74) is 0.787. The number of nitrogens with zero attached hydrogens (tertiary/aromatic N) is 2. The third kappa shape index (κ3) is 4.39. The zero-order valence-electron chi connectivity index (χ0n) is 13.0. The Morgan fingerprint density at radius 2 is 1.79 bits per heavy atom. The van der Waals surface area contributed by atoms with Crippen molar-refractivity contribution in [3.8, 4) is 5.75 Å². The number of rotatable bonds is 6. The normalized spacial score (nSPS) is 10.7. The highest BCUT2D eigenvalue weighted by molar-refractivity contribution is 5.92. The summed E-state index contributed by atoms with van der Waals surface area (Å²) in [6.07, 6.45) is 0.734. The lowest BCUT2D eigenvalue weighted by Gasteiger charge is -2.03. The van der Waals surface area contributed by atoms with Crippen molar-refractivity contribution in [2.75, 3.05) is 6.61 Å². The first-order valence-corrected chi connectivity index (χ1v) is 7.26. The second kappa shape index (κ2) is 7.87. The smallest absolute Gasteiger partial charge is 0.339 e. The molecule has 24 heavy (non-hydrogen) atoms. The summed E-state index contributed by atoms with van der Waals surface area (Å²) in [4.78, 5) is 22.8. The van der Waals surface area contributed by atoms with E-state index in [-0.39, 0.29) is 17.0 Å². The highest BCUT2D eigenvalue weighted by Gasteiger charge is 2.10. The number of carboxylic acids is 1. The minimum Gasteiger partial charge on any atom is -0.507 e. The van der Waals surface area contributed by atoms with Crippen molar-refractivity contribution in [2.24, 2.45) is 10.2 Å². The van der Waals surface area contributed by atoms with E-state index in [2.05, 4.69) is 10.2 Å². The van der Waals surface area contributed by atoms with Gasteiger partial charge in [-0.1, -0.05) is 13.0 Å². The van der Waals surface area contributed by atoms with Gasteiger partial charge in [0.05, 0.1) is 23.5 Å². The van der Waals surface area contributed by atoms with E-state index >= 15 is 0 Å². The predicted molar refractivity (Wildman–Crippen MR) is 86.3 cm³/mol. The van der Waals surface area contributed by atoms with Gasteiger partial charge in [-0.3, -0.25) is 0 Å². The lowest BCUT2D eigenvalue weighted by molar-refractivity contribution is 0.0504. The minimum atomic E-state index is -1.26. The van der Waals surface area contributed by atoms with Crippen LogP contribution in [0.25, 0.3) is 0 Å². The zero-order chi connectivity index (χ0) is 17.5. The number of carbonyl (C=O) groups excluding carboxylic acids is 1. The van der Waals surface area contributed by atoms with Crippen LogP contribution in [0.2, 0.25) is 0 Å². The SMILES string of the molecule is CCCOC(=O)c1cccc(N=Nc2ccc(O)c(C(=O)O)c2)c1. The quantitative estimate of drug-likeness (QED) is 0.613. The number of azo groups is 1. The Balaban J connectivity index is 2.19. The zero-order valence-corrected chi connectivity index (χ0v) is 13.0. The molecular weight excluding hydrogens is 312 g/mol. The third-order valence-electron chi connectivity index (χ3n) is 3.01. The van der Waals surface area contributed by atoms with Gasteiger partial charge in [0.15, 0.2) is 0 Å². The monoisotopic (exact) mass is 328 g/mol. The number of hydrogen-bond acceptors (Lipinski definition) is 6. The fraction of sp³-hybridized carbons (Fsp3) is 0.176. The van der Waals surface area contributed by atoms with Gasteiger partial charge >= 0.3 is 11.9 Å². The first-order chi connectivity index (χ1) is 11.5. The molecule has 0 bridgehead atoms. The molecule has 7 heteroatoms. The second-order valence-electron chi connectivity index (χ2n) is 4.89. The van der Waals surface area contributed by atoms with Gasteiger partial charge in [-0.25, -0.2) is 9.59 Å². The summed E-state index contributed by atoms with van der Waals surface area (Å²) in [5, 5.41) is 26.3. The van der Waals surface area contributed by atoms with Crippen LogP contribution in [-0.4, -0.2) is 28.8 Å². The Kier molecular flexibility index (Phi) is 5.62. The van der Waals surface area contributed by atoms with Gasteiger partial charge in [-0.05, 0) is 42.8 Å². The molecule has 0 radical (unpaired) electrons. The van der Waals surface area contributed by atoms with Gasteiger partial charge in [0.1, 0.15) is 11.3 Å². The molecular formula is C17H16N2O5. The standard InChI is InChI=1S/C17H16N2O5/c1-2-8-24-17(23)11-4-3-5-12(9-11)18-19-13-6-7-15(20)14(10-13)16(21)22/h3-7,9-10,20H,2,8H2,1H3,(H,21,22). The van der Waals surface area contributed by atoms with Crippen LogP contribution in [0.5, 0.6) is 5.75 Å². The Morgan fingerprint density at radius 3 is 2.46 bits per heavy atom. The Labute approximate surface area is 138 Å². The van der Waals surface area contributed by atoms with Crippen molar-refractivity contribution >= 4 is 23.3 Å². The largest absolute Gasteiger partial charge is 0.507 e. The molecule has 0 saturated carbocycles. The van der Waals surface area contributed by atoms with Gasteiger partial charge < -0.3 is 14.9 Å². The molecule has 0 saturated heterocycles. The van der Waals surface area contributed by atoms with E-state index in [1.807, 2.05) is 6.92 Å². The summed E-state index contributed by atoms with van der Waals surface area (Å²) >= 11 is 0. The Hall–Kier alpha value is -3.22. The van der Waals surface area contributed by atoms with Crippen molar-refractivity contribution in [2.45, 2.75) is 13.3 Å². The van der Waals surface area contributed by atoms with Gasteiger partial charge in [-0.15, -0.1) is 0 Å². The topological polar surface area (TPSA) is 109 Å². The van der Waals surface area contributed by atoms with Crippen LogP contribution in [0, 0.1) is 0 Å². The molecule has 124 valence electrons. The predicted octanol–water partition coefficient (Wildman–Crippen LogP) is 4.07. The van der Waals surface area contributed by atoms with Crippen LogP contribution >= 0.6 is 0 Å². The lowest BCUT2D eigenvalue weighted by atomic mass is 10.2. The van der Waals surface area contributed by atoms with Crippen molar-refractivity contribution in [1.82, 2.24) is 0 Å². The first kappa shape index (κ1) is 17.1. The maximum atomic E-state index is 11.8. The Bertz CT molecular complexity index is 786. The molecule has 2 aromatic carbocycles. The van der Waals surface area contributed by atoms with Gasteiger partial charge in [0, 0.05) is 0 Å². The number of phenols is 1. The number of esters is 1. The highest BCUT2D eigenvalue weighted by Crippen LogP contribution is 2.25. The number of aromatic carboxylic acids is 1. The van der Waals surface area contributed by atoms with Crippen molar-refractivity contribution in [3.05, 3.63) is 53.6 Å². The van der Waals surface area contributed by atoms with E-state index in [0.29, 0.717) is 17.9 Å². The first-order valence-electron chi connectivity index (χ1n) is 7.26. The van der Waals surface area contributed by atoms with E-state index in [9.17, 15) is 14.7 Å². The fourth-order valence-corrected chi connectivity index (χ4v) is 1.85. The summed E-state index contributed by atoms with van der Waals surface area (Å²) in [6, 6.07) is 10.3. The van der Waals surface area contributed by atoms with Crippen LogP contribution in [0.15, 0.2) is 52.7 Å². The average Bonchev–Trinajstić information content (AvgIpc) is 2.59. The van der Waals surface area contributed by atoms with E-state index in [0.717, 1.165) is 6.42 Å². The highest BCUT2D eigenvalue weighted by atomic mass is 16.5. The molecule has 0 atom stereocenters. The van der Waals surface area contributed by atoms with E-state index in [1.165, 1.54) is 24.3 Å². The third-order valence-corrected chi connectivity index (χ3v) is 3.01. The van der Waals surface area contributed by atoms with Gasteiger partial charge in [0.2, 0.25) is 0 Å². The summed E-state index contributed by atoms with van der Waals surface area (Å²) in [6.45, 7) is 2.25. The number of aromatic hydroxyl groups is 1. The molecule has 0 aliphatic rings. The van der Waals surface area contributed by atoms with Gasteiger partial charge in [0.25, 0.3) is 0 Å². The number of carbonyl (C=O) groups is 2. The van der Waals surface area contributed by atoms with Crippen LogP contribution in [0.4, 0.5) is 11.4 Å². The van der Waals surface area contributed by atoms with Gasteiger partial charge in [-0.2, -0.15) is 10.2 Å². The molecule has 0 fully saturated rings. The van der Waals surface area contributed by atoms with Crippen molar-refractivity contribution in [1.29, 1.82) is 0 Å². The van der Waals surface area contributed by atoms with Crippen LogP contribution < -0.4 is 0 Å². The van der Waals surface area contributed by atoms with Crippen LogP contribution in [0.1, 0.15) is 34.1 Å². The van der Waals surface area contributed by atoms with Crippen molar-refractivity contribution < 1.29 is 24.5 Å². The number of carboxylic acid groups (broad SMARTS) is 1. The maximum Gasteiger partial charge on any atom is 0.339 e. The van der Waals surface area contributed by atoms with E-state index in [4.69, 9.17) is 9.84 Å². The fourth-order valence-electron chi connectivity index (χ4n) is 1.85. The molecule has 0 aliphatic heterocycles. The molecule has 2 rings (SSSR count). The number of benzene rings is 2. The molecule has 0 heterocycles. The average molecular weight is 328 g/mol. The van der Waals surface area contributed by atoms with E-state index < -0.39 is 11.9 Å². The van der Waals surface area contributed by atoms with Crippen LogP contribution in [-0.2, 0) is 4.74 Å². The lowest BCUT2D eigenvalue weighted by Crippen LogP contribution is -2.05. The molecule has 2 aromatic rings. The molecule has 0 aliphatic carbocycles. The molecule has 0 aromatic heterocycles. The van der Waals surface area contributed by atoms with E-state index in [1.54, 1.807) is 18.2 Å².